The molecule has 1 aliphatic carbocycles. The summed E-state index contributed by atoms with van der Waals surface area (Å²) in [5.74, 6) is 1.47. The summed E-state index contributed by atoms with van der Waals surface area (Å²) in [5, 5.41) is 16.4. The maximum Gasteiger partial charge on any atom is 0.255 e. The maximum absolute atomic E-state index is 13.0. The van der Waals surface area contributed by atoms with E-state index in [1.165, 1.54) is 0 Å². The molecule has 1 aliphatic heterocycles. The zero-order valence-electron chi connectivity index (χ0n) is 15.7. The summed E-state index contributed by atoms with van der Waals surface area (Å²) in [6, 6.07) is 7.64. The van der Waals surface area contributed by atoms with E-state index < -0.39 is 0 Å². The molecule has 0 unspecified atom stereocenters. The number of hydrogen-bond donors (Lipinski definition) is 3. The minimum Gasteiger partial charge on any atom is -0.493 e. The van der Waals surface area contributed by atoms with Crippen LogP contribution in [0.4, 0.5) is 0 Å². The van der Waals surface area contributed by atoms with E-state index in [1.54, 1.807) is 0 Å². The Bertz CT molecular complexity index is 580. The lowest BCUT2D eigenvalue weighted by molar-refractivity contribution is 0.00915. The molecule has 1 heterocycles. The van der Waals surface area contributed by atoms with Crippen molar-refractivity contribution < 1.29 is 14.6 Å². The van der Waals surface area contributed by atoms with Crippen molar-refractivity contribution in [3.8, 4) is 5.75 Å². The molecule has 0 aromatic heterocycles. The molecule has 1 aromatic carbocycles. The molecule has 144 valence electrons. The van der Waals surface area contributed by atoms with Gasteiger partial charge in [-0.3, -0.25) is 4.79 Å². The Morgan fingerprint density at radius 2 is 2.00 bits per heavy atom. The standard InChI is InChI=1S/C21H32N2O3/c1-2-3-12-26-19-7-5-4-6-18(19)21(25)23-20(16-13-17(24)14-16)15-8-10-22-11-9-15/h4-7,15-17,20,22,24H,2-3,8-14H2,1H3,(H,23,25)/t16?,17?,20-/m0/s1. The summed E-state index contributed by atoms with van der Waals surface area (Å²) >= 11 is 0. The van der Waals surface area contributed by atoms with Crippen molar-refractivity contribution in [2.75, 3.05) is 19.7 Å². The van der Waals surface area contributed by atoms with Gasteiger partial charge < -0.3 is 20.5 Å². The van der Waals surface area contributed by atoms with Crippen LogP contribution >= 0.6 is 0 Å². The number of aliphatic hydroxyl groups excluding tert-OH is 1. The average molecular weight is 360 g/mol. The quantitative estimate of drug-likeness (QED) is 0.624. The topological polar surface area (TPSA) is 70.6 Å². The van der Waals surface area contributed by atoms with Gasteiger partial charge in [-0.2, -0.15) is 0 Å². The second kappa shape index (κ2) is 9.38. The van der Waals surface area contributed by atoms with Crippen LogP contribution < -0.4 is 15.4 Å². The number of carbonyl (C=O) groups is 1. The molecule has 2 aliphatic rings. The van der Waals surface area contributed by atoms with Gasteiger partial charge in [0.05, 0.1) is 18.3 Å². The zero-order valence-corrected chi connectivity index (χ0v) is 15.7. The molecule has 1 aromatic rings. The Kier molecular flexibility index (Phi) is 6.92. The Morgan fingerprint density at radius 3 is 2.69 bits per heavy atom. The number of carbonyl (C=O) groups excluding carboxylic acids is 1. The Labute approximate surface area is 156 Å². The monoisotopic (exact) mass is 360 g/mol. The average Bonchev–Trinajstić information content (AvgIpc) is 2.65. The van der Waals surface area contributed by atoms with Gasteiger partial charge in [-0.15, -0.1) is 0 Å². The lowest BCUT2D eigenvalue weighted by Crippen LogP contribution is -2.52. The molecule has 3 rings (SSSR count). The first-order valence-corrected chi connectivity index (χ1v) is 10.1. The minimum absolute atomic E-state index is 0.0537. The van der Waals surface area contributed by atoms with Gasteiger partial charge in [0.2, 0.25) is 0 Å². The van der Waals surface area contributed by atoms with E-state index in [1.807, 2.05) is 24.3 Å². The summed E-state index contributed by atoms with van der Waals surface area (Å²) in [7, 11) is 0. The highest BCUT2D eigenvalue weighted by molar-refractivity contribution is 5.97. The number of ether oxygens (including phenoxy) is 1. The first-order chi connectivity index (χ1) is 12.7. The Morgan fingerprint density at radius 1 is 1.27 bits per heavy atom. The van der Waals surface area contributed by atoms with Gasteiger partial charge in [0.25, 0.3) is 5.91 Å². The summed E-state index contributed by atoms with van der Waals surface area (Å²) in [5.41, 5.74) is 0.613. The highest BCUT2D eigenvalue weighted by atomic mass is 16.5. The number of unbranched alkanes of at least 4 members (excludes halogenated alkanes) is 1. The van der Waals surface area contributed by atoms with Crippen LogP contribution in [0.15, 0.2) is 24.3 Å². The van der Waals surface area contributed by atoms with Gasteiger partial charge in [0, 0.05) is 6.04 Å². The molecule has 1 saturated carbocycles. The lowest BCUT2D eigenvalue weighted by atomic mass is 9.71. The molecule has 1 amide bonds. The summed E-state index contributed by atoms with van der Waals surface area (Å²) < 4.78 is 5.83. The fourth-order valence-electron chi connectivity index (χ4n) is 4.08. The van der Waals surface area contributed by atoms with Crippen molar-refractivity contribution in [2.45, 2.75) is 57.6 Å². The smallest absolute Gasteiger partial charge is 0.255 e. The normalized spacial score (nSPS) is 24.5. The fraction of sp³-hybridized carbons (Fsp3) is 0.667. The van der Waals surface area contributed by atoms with Crippen LogP contribution in [0.5, 0.6) is 5.75 Å². The minimum atomic E-state index is -0.203. The highest BCUT2D eigenvalue weighted by Gasteiger charge is 2.39. The van der Waals surface area contributed by atoms with E-state index in [-0.39, 0.29) is 18.1 Å². The molecule has 2 fully saturated rings. The number of para-hydroxylation sites is 1. The van der Waals surface area contributed by atoms with Crippen LogP contribution in [0.3, 0.4) is 0 Å². The number of aliphatic hydroxyl groups is 1. The van der Waals surface area contributed by atoms with Crippen LogP contribution in [0.25, 0.3) is 0 Å². The third-order valence-corrected chi connectivity index (χ3v) is 5.73. The fourth-order valence-corrected chi connectivity index (χ4v) is 4.08. The number of amides is 1. The molecule has 26 heavy (non-hydrogen) atoms. The number of nitrogens with one attached hydrogen (secondary N) is 2. The van der Waals surface area contributed by atoms with Crippen LogP contribution in [-0.4, -0.2) is 42.9 Å². The van der Waals surface area contributed by atoms with E-state index in [0.29, 0.717) is 29.8 Å². The van der Waals surface area contributed by atoms with Gasteiger partial charge in [0.1, 0.15) is 5.75 Å². The van der Waals surface area contributed by atoms with Gasteiger partial charge >= 0.3 is 0 Å². The first kappa shape index (κ1) is 19.2. The van der Waals surface area contributed by atoms with Crippen molar-refractivity contribution in [3.05, 3.63) is 29.8 Å². The number of rotatable bonds is 8. The maximum atomic E-state index is 13.0. The van der Waals surface area contributed by atoms with Crippen LogP contribution in [0.1, 0.15) is 55.8 Å². The van der Waals surface area contributed by atoms with Crippen LogP contribution in [-0.2, 0) is 0 Å². The highest BCUT2D eigenvalue weighted by Crippen LogP contribution is 2.36. The van der Waals surface area contributed by atoms with Gasteiger partial charge in [-0.05, 0) is 69.2 Å². The predicted molar refractivity (Wildman–Crippen MR) is 102 cm³/mol. The molecular formula is C21H32N2O3. The van der Waals surface area contributed by atoms with Gasteiger partial charge in [-0.1, -0.05) is 25.5 Å². The molecule has 0 radical (unpaired) electrons. The molecule has 1 saturated heterocycles. The summed E-state index contributed by atoms with van der Waals surface area (Å²) in [6.45, 7) is 4.76. The second-order valence-corrected chi connectivity index (χ2v) is 7.67. The number of piperidine rings is 1. The molecule has 5 heteroatoms. The van der Waals surface area contributed by atoms with E-state index in [4.69, 9.17) is 4.74 Å². The van der Waals surface area contributed by atoms with Crippen molar-refractivity contribution in [1.82, 2.24) is 10.6 Å². The van der Waals surface area contributed by atoms with Crippen molar-refractivity contribution >= 4 is 5.91 Å². The first-order valence-electron chi connectivity index (χ1n) is 10.1. The molecule has 3 N–H and O–H groups in total. The van der Waals surface area contributed by atoms with Crippen molar-refractivity contribution in [3.63, 3.8) is 0 Å². The zero-order chi connectivity index (χ0) is 18.4. The number of hydrogen-bond acceptors (Lipinski definition) is 4. The second-order valence-electron chi connectivity index (χ2n) is 7.67. The SMILES string of the molecule is CCCCOc1ccccc1C(=O)N[C@@H](C1CCNCC1)C1CC(O)C1. The Hall–Kier alpha value is -1.59. The van der Waals surface area contributed by atoms with E-state index >= 15 is 0 Å². The third-order valence-electron chi connectivity index (χ3n) is 5.73. The van der Waals surface area contributed by atoms with Crippen LogP contribution in [0, 0.1) is 11.8 Å². The van der Waals surface area contributed by atoms with E-state index in [0.717, 1.165) is 51.6 Å². The molecule has 0 spiro atoms. The number of benzene rings is 1. The van der Waals surface area contributed by atoms with Crippen molar-refractivity contribution in [2.24, 2.45) is 11.8 Å². The largest absolute Gasteiger partial charge is 0.493 e. The molecular weight excluding hydrogens is 328 g/mol. The molecule has 0 bridgehead atoms. The predicted octanol–water partition coefficient (Wildman–Crippen LogP) is 2.73. The lowest BCUT2D eigenvalue weighted by Gasteiger charge is -2.43. The van der Waals surface area contributed by atoms with Crippen LogP contribution in [0.2, 0.25) is 0 Å². The van der Waals surface area contributed by atoms with Gasteiger partial charge in [-0.25, -0.2) is 0 Å². The Balaban J connectivity index is 1.69. The van der Waals surface area contributed by atoms with Crippen molar-refractivity contribution in [1.29, 1.82) is 0 Å². The van der Waals surface area contributed by atoms with E-state index in [2.05, 4.69) is 17.6 Å². The van der Waals surface area contributed by atoms with E-state index in [9.17, 15) is 9.90 Å². The van der Waals surface area contributed by atoms with Gasteiger partial charge in [0.15, 0.2) is 0 Å². The molecule has 1 atom stereocenters. The molecule has 5 nitrogen and oxygen atoms in total. The summed E-state index contributed by atoms with van der Waals surface area (Å²) in [6.07, 6.45) is 5.58. The summed E-state index contributed by atoms with van der Waals surface area (Å²) in [4.78, 5) is 13.0. The third kappa shape index (κ3) is 4.77.